The molecule has 0 aliphatic heterocycles. The number of amides is 1. The third-order valence-corrected chi connectivity index (χ3v) is 3.44. The molecule has 1 aromatic heterocycles. The maximum atomic E-state index is 11.9. The largest absolute Gasteiger partial charge is 0.396 e. The highest BCUT2D eigenvalue weighted by atomic mass is 32.2. The molecule has 0 saturated heterocycles. The third-order valence-electron chi connectivity index (χ3n) is 2.44. The molecule has 2 aromatic rings. The van der Waals surface area contributed by atoms with Crippen LogP contribution in [0.5, 0.6) is 0 Å². The molecule has 0 atom stereocenters. The number of hydrogen-bond donors (Lipinski definition) is 4. The summed E-state index contributed by atoms with van der Waals surface area (Å²) >= 11 is 1.52. The minimum absolute atomic E-state index is 0.120. The number of aliphatic hydroxyl groups is 1. The van der Waals surface area contributed by atoms with E-state index in [1.165, 1.54) is 11.8 Å². The summed E-state index contributed by atoms with van der Waals surface area (Å²) in [5, 5.41) is 17.3. The standard InChI is InChI=1S/C12H14N4O3S/c17-5-6-20-9-3-1-8(2-4-9)11(18)13-7-10-14-12(19)16-15-10/h1-4,17H,5-7H2,(H,13,18)(H2,14,15,16,19). The molecule has 1 aromatic carbocycles. The molecule has 1 heterocycles. The van der Waals surface area contributed by atoms with Crippen molar-refractivity contribution in [2.45, 2.75) is 11.4 Å². The van der Waals surface area contributed by atoms with Crippen LogP contribution in [0.1, 0.15) is 16.2 Å². The number of H-pyrrole nitrogens is 2. The molecule has 0 bridgehead atoms. The molecule has 0 fully saturated rings. The van der Waals surface area contributed by atoms with Crippen LogP contribution in [-0.4, -0.2) is 38.6 Å². The van der Waals surface area contributed by atoms with Crippen LogP contribution in [0.2, 0.25) is 0 Å². The second kappa shape index (κ2) is 6.92. The van der Waals surface area contributed by atoms with Gasteiger partial charge in [-0.1, -0.05) is 0 Å². The fraction of sp³-hybridized carbons (Fsp3) is 0.250. The molecule has 0 unspecified atom stereocenters. The molecule has 20 heavy (non-hydrogen) atoms. The molecule has 0 radical (unpaired) electrons. The van der Waals surface area contributed by atoms with Crippen LogP contribution >= 0.6 is 11.8 Å². The van der Waals surface area contributed by atoms with Gasteiger partial charge < -0.3 is 10.4 Å². The number of carbonyl (C=O) groups excluding carboxylic acids is 1. The first-order valence-electron chi connectivity index (χ1n) is 5.94. The van der Waals surface area contributed by atoms with E-state index in [2.05, 4.69) is 20.5 Å². The fourth-order valence-electron chi connectivity index (χ4n) is 1.52. The Hall–Kier alpha value is -2.06. The average molecular weight is 294 g/mol. The van der Waals surface area contributed by atoms with Gasteiger partial charge in [0.15, 0.2) is 0 Å². The average Bonchev–Trinajstić information content (AvgIpc) is 2.89. The number of hydrogen-bond acceptors (Lipinski definition) is 5. The number of nitrogens with one attached hydrogen (secondary N) is 3. The Morgan fingerprint density at radius 2 is 2.10 bits per heavy atom. The van der Waals surface area contributed by atoms with Crippen molar-refractivity contribution in [2.24, 2.45) is 0 Å². The first-order chi connectivity index (χ1) is 9.69. The number of benzene rings is 1. The van der Waals surface area contributed by atoms with Crippen molar-refractivity contribution in [3.63, 3.8) is 0 Å². The zero-order valence-corrected chi connectivity index (χ0v) is 11.4. The molecule has 0 spiro atoms. The van der Waals surface area contributed by atoms with E-state index >= 15 is 0 Å². The summed E-state index contributed by atoms with van der Waals surface area (Å²) in [7, 11) is 0. The number of aromatic amines is 2. The summed E-state index contributed by atoms with van der Waals surface area (Å²) in [4.78, 5) is 26.1. The van der Waals surface area contributed by atoms with Gasteiger partial charge in [-0.05, 0) is 24.3 Å². The maximum absolute atomic E-state index is 11.9. The van der Waals surface area contributed by atoms with Crippen molar-refractivity contribution >= 4 is 17.7 Å². The Kier molecular flexibility index (Phi) is 4.97. The number of rotatable bonds is 6. The highest BCUT2D eigenvalue weighted by Crippen LogP contribution is 2.17. The smallest absolute Gasteiger partial charge is 0.340 e. The Morgan fingerprint density at radius 3 is 2.70 bits per heavy atom. The number of aliphatic hydroxyl groups excluding tert-OH is 1. The highest BCUT2D eigenvalue weighted by Gasteiger charge is 2.06. The zero-order valence-electron chi connectivity index (χ0n) is 10.5. The van der Waals surface area contributed by atoms with Crippen LogP contribution < -0.4 is 11.0 Å². The second-order valence-corrected chi connectivity index (χ2v) is 5.07. The Labute approximate surface area is 118 Å². The van der Waals surface area contributed by atoms with E-state index in [1.807, 2.05) is 12.1 Å². The zero-order chi connectivity index (χ0) is 14.4. The molecule has 4 N–H and O–H groups in total. The van der Waals surface area contributed by atoms with Crippen LogP contribution in [0.15, 0.2) is 34.0 Å². The number of carbonyl (C=O) groups is 1. The minimum atomic E-state index is -0.403. The highest BCUT2D eigenvalue weighted by molar-refractivity contribution is 7.99. The SMILES string of the molecule is O=C(NCc1n[nH]c(=O)[nH]1)c1ccc(SCCO)cc1. The van der Waals surface area contributed by atoms with Crippen molar-refractivity contribution in [2.75, 3.05) is 12.4 Å². The van der Waals surface area contributed by atoms with E-state index in [0.29, 0.717) is 17.1 Å². The Balaban J connectivity index is 1.90. The van der Waals surface area contributed by atoms with Crippen molar-refractivity contribution in [1.29, 1.82) is 0 Å². The molecule has 0 aliphatic carbocycles. The molecule has 0 aliphatic rings. The van der Waals surface area contributed by atoms with Gasteiger partial charge in [0.05, 0.1) is 13.2 Å². The molecule has 7 nitrogen and oxygen atoms in total. The Bertz CT molecular complexity index is 620. The summed E-state index contributed by atoms with van der Waals surface area (Å²) in [6.07, 6.45) is 0. The van der Waals surface area contributed by atoms with Crippen LogP contribution in [0, 0.1) is 0 Å². The van der Waals surface area contributed by atoms with Gasteiger partial charge in [-0.3, -0.25) is 9.78 Å². The van der Waals surface area contributed by atoms with Gasteiger partial charge in [0.25, 0.3) is 5.91 Å². The summed E-state index contributed by atoms with van der Waals surface area (Å²) in [5.74, 6) is 0.754. The van der Waals surface area contributed by atoms with E-state index in [0.717, 1.165) is 4.90 Å². The van der Waals surface area contributed by atoms with E-state index in [-0.39, 0.29) is 19.1 Å². The second-order valence-electron chi connectivity index (χ2n) is 3.90. The van der Waals surface area contributed by atoms with Crippen molar-refractivity contribution in [3.05, 3.63) is 46.1 Å². The first kappa shape index (κ1) is 14.4. The molecule has 1 amide bonds. The van der Waals surface area contributed by atoms with Gasteiger partial charge in [-0.2, -0.15) is 5.10 Å². The lowest BCUT2D eigenvalue weighted by Gasteiger charge is -2.04. The normalized spacial score (nSPS) is 10.4. The topological polar surface area (TPSA) is 111 Å². The monoisotopic (exact) mass is 294 g/mol. The summed E-state index contributed by atoms with van der Waals surface area (Å²) in [6, 6.07) is 7.07. The lowest BCUT2D eigenvalue weighted by molar-refractivity contribution is 0.0950. The maximum Gasteiger partial charge on any atom is 0.340 e. The molecular weight excluding hydrogens is 280 g/mol. The van der Waals surface area contributed by atoms with Gasteiger partial charge in [0.1, 0.15) is 5.82 Å². The predicted molar refractivity (Wildman–Crippen MR) is 74.6 cm³/mol. The van der Waals surface area contributed by atoms with Gasteiger partial charge in [-0.15, -0.1) is 11.8 Å². The van der Waals surface area contributed by atoms with Gasteiger partial charge >= 0.3 is 5.69 Å². The lowest BCUT2D eigenvalue weighted by atomic mass is 10.2. The molecule has 2 rings (SSSR count). The van der Waals surface area contributed by atoms with Gasteiger partial charge in [-0.25, -0.2) is 9.89 Å². The summed E-state index contributed by atoms with van der Waals surface area (Å²) in [5.41, 5.74) is 0.121. The van der Waals surface area contributed by atoms with Crippen molar-refractivity contribution in [3.8, 4) is 0 Å². The molecule has 8 heteroatoms. The van der Waals surface area contributed by atoms with Crippen LogP contribution in [0.4, 0.5) is 0 Å². The predicted octanol–water partition coefficient (Wildman–Crippen LogP) is 0.112. The fourth-order valence-corrected chi connectivity index (χ4v) is 2.18. The minimum Gasteiger partial charge on any atom is -0.396 e. The molecular formula is C12H14N4O3S. The quantitative estimate of drug-likeness (QED) is 0.565. The van der Waals surface area contributed by atoms with E-state index in [4.69, 9.17) is 5.11 Å². The number of aromatic nitrogens is 3. The summed E-state index contributed by atoms with van der Waals surface area (Å²) < 4.78 is 0. The number of nitrogens with zero attached hydrogens (tertiary/aromatic N) is 1. The van der Waals surface area contributed by atoms with E-state index < -0.39 is 5.69 Å². The van der Waals surface area contributed by atoms with Crippen molar-refractivity contribution < 1.29 is 9.90 Å². The van der Waals surface area contributed by atoms with E-state index in [9.17, 15) is 9.59 Å². The number of thioether (sulfide) groups is 1. The van der Waals surface area contributed by atoms with E-state index in [1.54, 1.807) is 12.1 Å². The van der Waals surface area contributed by atoms with Crippen LogP contribution in [0.3, 0.4) is 0 Å². The molecule has 0 saturated carbocycles. The first-order valence-corrected chi connectivity index (χ1v) is 6.93. The van der Waals surface area contributed by atoms with Gasteiger partial charge in [0, 0.05) is 16.2 Å². The van der Waals surface area contributed by atoms with Crippen LogP contribution in [-0.2, 0) is 6.54 Å². The van der Waals surface area contributed by atoms with Crippen molar-refractivity contribution in [1.82, 2.24) is 20.5 Å². The molecule has 106 valence electrons. The van der Waals surface area contributed by atoms with Crippen LogP contribution in [0.25, 0.3) is 0 Å². The van der Waals surface area contributed by atoms with Gasteiger partial charge in [0.2, 0.25) is 0 Å². The Morgan fingerprint density at radius 1 is 1.35 bits per heavy atom. The summed E-state index contributed by atoms with van der Waals surface area (Å²) in [6.45, 7) is 0.271. The third kappa shape index (κ3) is 3.97. The lowest BCUT2D eigenvalue weighted by Crippen LogP contribution is -2.23.